The van der Waals surface area contributed by atoms with Gasteiger partial charge in [0.1, 0.15) is 0 Å². The maximum atomic E-state index is 11.5. The summed E-state index contributed by atoms with van der Waals surface area (Å²) in [6.45, 7) is 1.93. The molecule has 0 atom stereocenters. The normalized spacial score (nSPS) is 14.8. The third kappa shape index (κ3) is 1.47. The molecule has 0 saturated carbocycles. The Labute approximate surface area is 92.9 Å². The van der Waals surface area contributed by atoms with Crippen LogP contribution in [0.5, 0.6) is 0 Å². The molecule has 0 amide bonds. The number of benzene rings is 1. The van der Waals surface area contributed by atoms with Crippen molar-refractivity contribution in [2.45, 2.75) is 13.0 Å². The van der Waals surface area contributed by atoms with Gasteiger partial charge in [0, 0.05) is 18.9 Å². The Morgan fingerprint density at radius 3 is 3.00 bits per heavy atom. The monoisotopic (exact) mass is 215 g/mol. The van der Waals surface area contributed by atoms with Gasteiger partial charge in [0.2, 0.25) is 0 Å². The average molecular weight is 215 g/mol. The largest absolute Gasteiger partial charge is 0.330 e. The van der Waals surface area contributed by atoms with Crippen LogP contribution in [0.1, 0.15) is 11.1 Å². The van der Waals surface area contributed by atoms with Crippen molar-refractivity contribution >= 4 is 0 Å². The van der Waals surface area contributed by atoms with E-state index in [2.05, 4.69) is 22.4 Å². The molecule has 82 valence electrons. The Morgan fingerprint density at radius 1 is 1.25 bits per heavy atom. The maximum Gasteiger partial charge on any atom is 0.330 e. The number of aromatic nitrogens is 2. The minimum Gasteiger partial charge on any atom is -0.312 e. The standard InChI is InChI=1S/C12H13N3O/c16-12-14-5-6-15(12)11-2-1-9-3-4-13-8-10(9)7-11/h1-2,5-7,13H,3-4,8H2,(H,14,16). The second-order valence-corrected chi connectivity index (χ2v) is 4.02. The lowest BCUT2D eigenvalue weighted by atomic mass is 10.0. The third-order valence-corrected chi connectivity index (χ3v) is 3.00. The minimum absolute atomic E-state index is 0.0938. The Morgan fingerprint density at radius 2 is 2.19 bits per heavy atom. The molecular weight excluding hydrogens is 202 g/mol. The quantitative estimate of drug-likeness (QED) is 0.739. The molecule has 0 bridgehead atoms. The molecule has 2 aromatic rings. The van der Waals surface area contributed by atoms with Gasteiger partial charge in [-0.05, 0) is 36.2 Å². The minimum atomic E-state index is -0.0938. The number of rotatable bonds is 1. The first-order valence-electron chi connectivity index (χ1n) is 5.43. The van der Waals surface area contributed by atoms with Gasteiger partial charge in [-0.15, -0.1) is 0 Å². The van der Waals surface area contributed by atoms with Gasteiger partial charge in [-0.2, -0.15) is 0 Å². The van der Waals surface area contributed by atoms with E-state index in [0.717, 1.165) is 25.2 Å². The van der Waals surface area contributed by atoms with E-state index in [1.54, 1.807) is 17.0 Å². The SMILES string of the molecule is O=c1[nH]ccn1-c1ccc2c(c1)CNCC2. The number of nitrogens with zero attached hydrogens (tertiary/aromatic N) is 1. The van der Waals surface area contributed by atoms with Gasteiger partial charge in [-0.25, -0.2) is 4.79 Å². The molecule has 0 spiro atoms. The molecule has 0 saturated heterocycles. The lowest BCUT2D eigenvalue weighted by Crippen LogP contribution is -2.24. The zero-order valence-electron chi connectivity index (χ0n) is 8.86. The fourth-order valence-electron chi connectivity index (χ4n) is 2.14. The van der Waals surface area contributed by atoms with Crippen LogP contribution in [0.15, 0.2) is 35.4 Å². The molecule has 1 aliphatic rings. The van der Waals surface area contributed by atoms with Crippen molar-refractivity contribution in [2.24, 2.45) is 0 Å². The molecule has 1 aromatic carbocycles. The van der Waals surface area contributed by atoms with Crippen LogP contribution in [0.4, 0.5) is 0 Å². The first-order chi connectivity index (χ1) is 7.84. The maximum absolute atomic E-state index is 11.5. The van der Waals surface area contributed by atoms with Gasteiger partial charge in [-0.1, -0.05) is 6.07 Å². The molecule has 1 aliphatic heterocycles. The molecule has 0 aliphatic carbocycles. The zero-order valence-corrected chi connectivity index (χ0v) is 8.86. The predicted molar refractivity (Wildman–Crippen MR) is 61.8 cm³/mol. The van der Waals surface area contributed by atoms with Crippen LogP contribution in [0.3, 0.4) is 0 Å². The lowest BCUT2D eigenvalue weighted by molar-refractivity contribution is 0.643. The van der Waals surface area contributed by atoms with Gasteiger partial charge in [0.05, 0.1) is 5.69 Å². The summed E-state index contributed by atoms with van der Waals surface area (Å²) in [5.74, 6) is 0. The van der Waals surface area contributed by atoms with Crippen LogP contribution in [0.25, 0.3) is 5.69 Å². The van der Waals surface area contributed by atoms with E-state index in [0.29, 0.717) is 0 Å². The number of imidazole rings is 1. The number of hydrogen-bond acceptors (Lipinski definition) is 2. The van der Waals surface area contributed by atoms with Crippen molar-refractivity contribution in [2.75, 3.05) is 6.54 Å². The molecule has 0 radical (unpaired) electrons. The molecule has 4 nitrogen and oxygen atoms in total. The van der Waals surface area contributed by atoms with E-state index < -0.39 is 0 Å². The fourth-order valence-corrected chi connectivity index (χ4v) is 2.14. The summed E-state index contributed by atoms with van der Waals surface area (Å²) in [7, 11) is 0. The fraction of sp³-hybridized carbons (Fsp3) is 0.250. The second-order valence-electron chi connectivity index (χ2n) is 4.02. The molecule has 1 aromatic heterocycles. The van der Waals surface area contributed by atoms with Crippen molar-refractivity contribution in [1.29, 1.82) is 0 Å². The van der Waals surface area contributed by atoms with Crippen molar-refractivity contribution in [3.8, 4) is 5.69 Å². The van der Waals surface area contributed by atoms with Gasteiger partial charge < -0.3 is 10.3 Å². The number of fused-ring (bicyclic) bond motifs is 1. The summed E-state index contributed by atoms with van der Waals surface area (Å²) < 4.78 is 1.62. The summed E-state index contributed by atoms with van der Waals surface area (Å²) in [5.41, 5.74) is 3.50. The number of H-pyrrole nitrogens is 1. The van der Waals surface area contributed by atoms with E-state index in [9.17, 15) is 4.79 Å². The Bertz CT molecular complexity index is 568. The lowest BCUT2D eigenvalue weighted by Gasteiger charge is -2.17. The average Bonchev–Trinajstić information content (AvgIpc) is 2.75. The molecule has 4 heteroatoms. The Balaban J connectivity index is 2.10. The van der Waals surface area contributed by atoms with E-state index >= 15 is 0 Å². The highest BCUT2D eigenvalue weighted by atomic mass is 16.1. The Kier molecular flexibility index (Phi) is 2.15. The van der Waals surface area contributed by atoms with Crippen LogP contribution in [-0.4, -0.2) is 16.1 Å². The van der Waals surface area contributed by atoms with E-state index in [-0.39, 0.29) is 5.69 Å². The summed E-state index contributed by atoms with van der Waals surface area (Å²) in [5, 5.41) is 3.33. The van der Waals surface area contributed by atoms with E-state index in [4.69, 9.17) is 0 Å². The molecule has 0 fully saturated rings. The van der Waals surface area contributed by atoms with Crippen molar-refractivity contribution in [1.82, 2.24) is 14.9 Å². The first kappa shape index (κ1) is 9.42. The van der Waals surface area contributed by atoms with Gasteiger partial charge in [-0.3, -0.25) is 4.57 Å². The zero-order chi connectivity index (χ0) is 11.0. The molecule has 2 heterocycles. The van der Waals surface area contributed by atoms with E-state index in [1.807, 2.05) is 6.07 Å². The highest BCUT2D eigenvalue weighted by Gasteiger charge is 2.09. The molecule has 16 heavy (non-hydrogen) atoms. The molecule has 3 rings (SSSR count). The smallest absolute Gasteiger partial charge is 0.312 e. The summed E-state index contributed by atoms with van der Waals surface area (Å²) >= 11 is 0. The van der Waals surface area contributed by atoms with Gasteiger partial charge in [0.15, 0.2) is 0 Å². The van der Waals surface area contributed by atoms with Crippen molar-refractivity contribution in [3.63, 3.8) is 0 Å². The summed E-state index contributed by atoms with van der Waals surface area (Å²) in [4.78, 5) is 14.1. The van der Waals surface area contributed by atoms with Crippen LogP contribution in [0, 0.1) is 0 Å². The third-order valence-electron chi connectivity index (χ3n) is 3.00. The van der Waals surface area contributed by atoms with Gasteiger partial charge in [0.25, 0.3) is 0 Å². The molecular formula is C12H13N3O. The van der Waals surface area contributed by atoms with Crippen LogP contribution in [-0.2, 0) is 13.0 Å². The summed E-state index contributed by atoms with van der Waals surface area (Å²) in [6.07, 6.45) is 4.47. The highest BCUT2D eigenvalue weighted by Crippen LogP contribution is 2.17. The van der Waals surface area contributed by atoms with Crippen LogP contribution < -0.4 is 11.0 Å². The van der Waals surface area contributed by atoms with Gasteiger partial charge >= 0.3 is 5.69 Å². The van der Waals surface area contributed by atoms with Crippen molar-refractivity contribution in [3.05, 3.63) is 52.2 Å². The second kappa shape index (κ2) is 3.64. The number of nitrogens with one attached hydrogen (secondary N) is 2. The highest BCUT2D eigenvalue weighted by molar-refractivity contribution is 5.41. The van der Waals surface area contributed by atoms with E-state index in [1.165, 1.54) is 11.1 Å². The molecule has 0 unspecified atom stereocenters. The van der Waals surface area contributed by atoms with Crippen molar-refractivity contribution < 1.29 is 0 Å². The topological polar surface area (TPSA) is 49.8 Å². The van der Waals surface area contributed by atoms with Crippen LogP contribution >= 0.6 is 0 Å². The Hall–Kier alpha value is -1.81. The first-order valence-corrected chi connectivity index (χ1v) is 5.43. The summed E-state index contributed by atoms with van der Waals surface area (Å²) in [6, 6.07) is 6.20. The number of aromatic amines is 1. The molecule has 2 N–H and O–H groups in total. The predicted octanol–water partition coefficient (Wildman–Crippen LogP) is 0.811. The van der Waals surface area contributed by atoms with Crippen LogP contribution in [0.2, 0.25) is 0 Å². The number of hydrogen-bond donors (Lipinski definition) is 2.